The fraction of sp³-hybridized carbons (Fsp3) is 0.368. The minimum Gasteiger partial charge on any atom is -0.492 e. The molecule has 1 aliphatic rings. The zero-order valence-electron chi connectivity index (χ0n) is 15.1. The molecule has 0 radical (unpaired) electrons. The van der Waals surface area contributed by atoms with Gasteiger partial charge in [0.1, 0.15) is 28.9 Å². The lowest BCUT2D eigenvalue weighted by atomic mass is 10.2. The quantitative estimate of drug-likeness (QED) is 0.753. The van der Waals surface area contributed by atoms with Crippen molar-refractivity contribution in [1.29, 1.82) is 0 Å². The first kappa shape index (κ1) is 19.7. The summed E-state index contributed by atoms with van der Waals surface area (Å²) in [5.41, 5.74) is 1.16. The summed E-state index contributed by atoms with van der Waals surface area (Å²) in [6.45, 7) is 4.75. The van der Waals surface area contributed by atoms with Crippen molar-refractivity contribution in [3.8, 4) is 5.75 Å². The standard InChI is InChI=1S/C19H22F2N2O3S/c1-15-2-5-17(6-3-15)26-13-12-22-8-10-23(11-9-22)27(24,25)19-7-4-16(20)14-18(19)21/h2-7,14H,8-13H2,1H3. The Kier molecular flexibility index (Phi) is 6.08. The van der Waals surface area contributed by atoms with Crippen LogP contribution in [0.15, 0.2) is 47.4 Å². The van der Waals surface area contributed by atoms with Gasteiger partial charge in [0.15, 0.2) is 0 Å². The van der Waals surface area contributed by atoms with Gasteiger partial charge in [-0.2, -0.15) is 4.31 Å². The molecule has 2 aromatic rings. The number of halogens is 2. The van der Waals surface area contributed by atoms with Crippen LogP contribution in [0.1, 0.15) is 5.56 Å². The Balaban J connectivity index is 1.51. The fourth-order valence-electron chi connectivity index (χ4n) is 2.94. The summed E-state index contributed by atoms with van der Waals surface area (Å²) >= 11 is 0. The number of sulfonamides is 1. The lowest BCUT2D eigenvalue weighted by Gasteiger charge is -2.33. The fourth-order valence-corrected chi connectivity index (χ4v) is 4.41. The van der Waals surface area contributed by atoms with Crippen LogP contribution in [0.5, 0.6) is 5.75 Å². The summed E-state index contributed by atoms with van der Waals surface area (Å²) < 4.78 is 59.0. The van der Waals surface area contributed by atoms with Crippen molar-refractivity contribution in [2.45, 2.75) is 11.8 Å². The van der Waals surface area contributed by atoms with Gasteiger partial charge in [-0.15, -0.1) is 0 Å². The molecule has 1 saturated heterocycles. The topological polar surface area (TPSA) is 49.9 Å². The molecule has 8 heteroatoms. The predicted octanol–water partition coefficient (Wildman–Crippen LogP) is 2.66. The molecule has 0 bridgehead atoms. The Morgan fingerprint density at radius 2 is 1.67 bits per heavy atom. The van der Waals surface area contributed by atoms with E-state index in [1.165, 1.54) is 4.31 Å². The number of rotatable bonds is 6. The van der Waals surface area contributed by atoms with E-state index in [1.54, 1.807) is 0 Å². The minimum atomic E-state index is -3.97. The lowest BCUT2D eigenvalue weighted by Crippen LogP contribution is -2.49. The van der Waals surface area contributed by atoms with Gasteiger partial charge in [-0.05, 0) is 31.2 Å². The van der Waals surface area contributed by atoms with E-state index in [-0.39, 0.29) is 13.1 Å². The van der Waals surface area contributed by atoms with E-state index >= 15 is 0 Å². The first-order valence-corrected chi connectivity index (χ1v) is 10.2. The van der Waals surface area contributed by atoms with Gasteiger partial charge in [-0.1, -0.05) is 17.7 Å². The number of piperazine rings is 1. The lowest BCUT2D eigenvalue weighted by molar-refractivity contribution is 0.158. The Labute approximate surface area is 158 Å². The number of nitrogens with zero attached hydrogens (tertiary/aromatic N) is 2. The van der Waals surface area contributed by atoms with E-state index in [0.29, 0.717) is 32.3 Å². The monoisotopic (exact) mass is 396 g/mol. The molecular formula is C19H22F2N2O3S. The van der Waals surface area contributed by atoms with Crippen LogP contribution in [-0.2, 0) is 10.0 Å². The van der Waals surface area contributed by atoms with Crippen molar-refractivity contribution in [1.82, 2.24) is 9.21 Å². The van der Waals surface area contributed by atoms with Gasteiger partial charge in [0, 0.05) is 38.8 Å². The van der Waals surface area contributed by atoms with Crippen molar-refractivity contribution < 1.29 is 21.9 Å². The summed E-state index contributed by atoms with van der Waals surface area (Å²) in [5, 5.41) is 0. The number of aryl methyl sites for hydroxylation is 1. The largest absolute Gasteiger partial charge is 0.492 e. The molecule has 5 nitrogen and oxygen atoms in total. The van der Waals surface area contributed by atoms with E-state index in [1.807, 2.05) is 31.2 Å². The van der Waals surface area contributed by atoms with Crippen molar-refractivity contribution in [3.05, 3.63) is 59.7 Å². The molecule has 0 aromatic heterocycles. The van der Waals surface area contributed by atoms with Crippen LogP contribution in [0.3, 0.4) is 0 Å². The van der Waals surface area contributed by atoms with E-state index in [9.17, 15) is 17.2 Å². The maximum Gasteiger partial charge on any atom is 0.246 e. The molecule has 0 atom stereocenters. The van der Waals surface area contributed by atoms with Gasteiger partial charge >= 0.3 is 0 Å². The van der Waals surface area contributed by atoms with Crippen LogP contribution in [0.25, 0.3) is 0 Å². The second-order valence-corrected chi connectivity index (χ2v) is 8.39. The summed E-state index contributed by atoms with van der Waals surface area (Å²) in [6.07, 6.45) is 0. The molecule has 1 aliphatic heterocycles. The van der Waals surface area contributed by atoms with E-state index in [0.717, 1.165) is 23.4 Å². The highest BCUT2D eigenvalue weighted by Gasteiger charge is 2.30. The Bertz CT molecular complexity index is 880. The second kappa shape index (κ2) is 8.33. The minimum absolute atomic E-state index is 0.254. The average Bonchev–Trinajstić information content (AvgIpc) is 2.63. The highest BCUT2D eigenvalue weighted by atomic mass is 32.2. The summed E-state index contributed by atoms with van der Waals surface area (Å²) in [6, 6.07) is 10.3. The van der Waals surface area contributed by atoms with Crippen LogP contribution < -0.4 is 4.74 Å². The molecule has 0 unspecified atom stereocenters. The van der Waals surface area contributed by atoms with Gasteiger partial charge in [0.05, 0.1) is 0 Å². The van der Waals surface area contributed by atoms with Gasteiger partial charge < -0.3 is 4.74 Å². The normalized spacial score (nSPS) is 16.4. The van der Waals surface area contributed by atoms with Crippen LogP contribution in [0, 0.1) is 18.6 Å². The third kappa shape index (κ3) is 4.82. The van der Waals surface area contributed by atoms with E-state index in [4.69, 9.17) is 4.74 Å². The second-order valence-electron chi connectivity index (χ2n) is 6.48. The molecule has 1 fully saturated rings. The number of ether oxygens (including phenoxy) is 1. The molecule has 0 aliphatic carbocycles. The number of hydrogen-bond donors (Lipinski definition) is 0. The molecular weight excluding hydrogens is 374 g/mol. The Hall–Kier alpha value is -2.03. The molecule has 0 N–H and O–H groups in total. The molecule has 1 heterocycles. The number of benzene rings is 2. The van der Waals surface area contributed by atoms with Crippen molar-refractivity contribution in [3.63, 3.8) is 0 Å². The zero-order chi connectivity index (χ0) is 19.4. The van der Waals surface area contributed by atoms with Gasteiger partial charge in [-0.25, -0.2) is 17.2 Å². The van der Waals surface area contributed by atoms with Gasteiger partial charge in [0.2, 0.25) is 10.0 Å². The smallest absolute Gasteiger partial charge is 0.246 e. The molecule has 0 amide bonds. The van der Waals surface area contributed by atoms with Crippen LogP contribution in [0.4, 0.5) is 8.78 Å². The van der Waals surface area contributed by atoms with Crippen LogP contribution in [-0.4, -0.2) is 57.0 Å². The Morgan fingerprint density at radius 3 is 2.30 bits per heavy atom. The SMILES string of the molecule is Cc1ccc(OCCN2CCN(S(=O)(=O)c3ccc(F)cc3F)CC2)cc1. The Morgan fingerprint density at radius 1 is 1.00 bits per heavy atom. The highest BCUT2D eigenvalue weighted by molar-refractivity contribution is 7.89. The van der Waals surface area contributed by atoms with Gasteiger partial charge in [-0.3, -0.25) is 4.90 Å². The van der Waals surface area contributed by atoms with Crippen molar-refractivity contribution in [2.24, 2.45) is 0 Å². The first-order valence-electron chi connectivity index (χ1n) is 8.73. The molecule has 0 spiro atoms. The van der Waals surface area contributed by atoms with Gasteiger partial charge in [0.25, 0.3) is 0 Å². The molecule has 27 heavy (non-hydrogen) atoms. The molecule has 0 saturated carbocycles. The summed E-state index contributed by atoms with van der Waals surface area (Å²) in [7, 11) is -3.97. The maximum absolute atomic E-state index is 13.9. The zero-order valence-corrected chi connectivity index (χ0v) is 15.9. The average molecular weight is 396 g/mol. The summed E-state index contributed by atoms with van der Waals surface area (Å²) in [5.74, 6) is -1.07. The molecule has 146 valence electrons. The maximum atomic E-state index is 13.9. The van der Waals surface area contributed by atoms with E-state index in [2.05, 4.69) is 4.90 Å². The van der Waals surface area contributed by atoms with Crippen LogP contribution >= 0.6 is 0 Å². The van der Waals surface area contributed by atoms with E-state index < -0.39 is 26.6 Å². The summed E-state index contributed by atoms with van der Waals surface area (Å²) in [4.78, 5) is 1.61. The predicted molar refractivity (Wildman–Crippen MR) is 98.2 cm³/mol. The highest BCUT2D eigenvalue weighted by Crippen LogP contribution is 2.21. The number of hydrogen-bond acceptors (Lipinski definition) is 4. The van der Waals surface area contributed by atoms with Crippen molar-refractivity contribution in [2.75, 3.05) is 39.3 Å². The molecule has 3 rings (SSSR count). The third-order valence-corrected chi connectivity index (χ3v) is 6.47. The third-order valence-electron chi connectivity index (χ3n) is 4.54. The van der Waals surface area contributed by atoms with Crippen molar-refractivity contribution >= 4 is 10.0 Å². The first-order chi connectivity index (χ1) is 12.9. The molecule has 2 aromatic carbocycles. The van der Waals surface area contributed by atoms with Crippen LogP contribution in [0.2, 0.25) is 0 Å².